The third-order valence-electron chi connectivity index (χ3n) is 3.56. The van der Waals surface area contributed by atoms with Crippen LogP contribution in [0.15, 0.2) is 23.1 Å². The minimum Gasteiger partial charge on any atom is -0.391 e. The van der Waals surface area contributed by atoms with Gasteiger partial charge in [0, 0.05) is 18.1 Å². The van der Waals surface area contributed by atoms with Crippen LogP contribution in [-0.4, -0.2) is 37.0 Å². The summed E-state index contributed by atoms with van der Waals surface area (Å²) >= 11 is 5.83. The predicted molar refractivity (Wildman–Crippen MR) is 74.7 cm³/mol. The fourth-order valence-electron chi connectivity index (χ4n) is 2.18. The summed E-state index contributed by atoms with van der Waals surface area (Å²) in [5, 5.41) is 19.1. The number of benzene rings is 1. The highest BCUT2D eigenvalue weighted by atomic mass is 35.5. The van der Waals surface area contributed by atoms with E-state index in [0.29, 0.717) is 13.0 Å². The highest BCUT2D eigenvalue weighted by Gasteiger charge is 2.34. The summed E-state index contributed by atoms with van der Waals surface area (Å²) in [5.74, 6) is 0.0660. The van der Waals surface area contributed by atoms with Crippen LogP contribution in [0.5, 0.6) is 0 Å². The zero-order valence-corrected chi connectivity index (χ0v) is 12.5. The summed E-state index contributed by atoms with van der Waals surface area (Å²) in [6.07, 6.45) is -0.105. The molecule has 108 valence electrons. The van der Waals surface area contributed by atoms with Gasteiger partial charge in [-0.25, -0.2) is 8.42 Å². The van der Waals surface area contributed by atoms with Crippen molar-refractivity contribution >= 4 is 21.6 Å². The number of sulfonamides is 1. The third-order valence-corrected chi connectivity index (χ3v) is 5.70. The fraction of sp³-hybridized carbons (Fsp3) is 0.462. The first-order chi connectivity index (χ1) is 9.36. The van der Waals surface area contributed by atoms with E-state index in [1.54, 1.807) is 0 Å². The summed E-state index contributed by atoms with van der Waals surface area (Å²) in [7, 11) is -3.82. The molecule has 2 rings (SSSR count). The number of hydrogen-bond donors (Lipinski definition) is 1. The van der Waals surface area contributed by atoms with Crippen LogP contribution in [0.4, 0.5) is 0 Å². The van der Waals surface area contributed by atoms with Gasteiger partial charge in [-0.05, 0) is 30.5 Å². The van der Waals surface area contributed by atoms with Crippen LogP contribution in [0.1, 0.15) is 18.9 Å². The maximum Gasteiger partial charge on any atom is 0.244 e. The molecule has 1 aliphatic heterocycles. The molecule has 5 nitrogen and oxygen atoms in total. The van der Waals surface area contributed by atoms with Crippen molar-refractivity contribution in [2.24, 2.45) is 5.92 Å². The van der Waals surface area contributed by atoms with Gasteiger partial charge in [0.25, 0.3) is 0 Å². The standard InChI is InChI=1S/C13H15ClN2O3S/c1-9-4-5-16(8-12(9)17)20(18,19)13-6-11(14)3-2-10(13)7-15/h2-3,6,9,12,17H,4-5,8H2,1H3. The van der Waals surface area contributed by atoms with Crippen LogP contribution in [0.2, 0.25) is 5.02 Å². The molecule has 0 radical (unpaired) electrons. The van der Waals surface area contributed by atoms with Gasteiger partial charge in [0.2, 0.25) is 10.0 Å². The number of aliphatic hydroxyl groups excluding tert-OH is 1. The molecule has 2 atom stereocenters. The average Bonchev–Trinajstić information content (AvgIpc) is 2.41. The molecule has 0 aliphatic carbocycles. The van der Waals surface area contributed by atoms with Gasteiger partial charge in [-0.15, -0.1) is 0 Å². The lowest BCUT2D eigenvalue weighted by Crippen LogP contribution is -2.45. The minimum atomic E-state index is -3.82. The topological polar surface area (TPSA) is 81.4 Å². The summed E-state index contributed by atoms with van der Waals surface area (Å²) in [6.45, 7) is 2.26. The summed E-state index contributed by atoms with van der Waals surface area (Å²) in [4.78, 5) is -0.103. The van der Waals surface area contributed by atoms with E-state index in [2.05, 4.69) is 0 Å². The molecular formula is C13H15ClN2O3S. The Hall–Kier alpha value is -1.13. The van der Waals surface area contributed by atoms with E-state index in [0.717, 1.165) is 0 Å². The van der Waals surface area contributed by atoms with Gasteiger partial charge >= 0.3 is 0 Å². The van der Waals surface area contributed by atoms with Gasteiger partial charge in [-0.3, -0.25) is 0 Å². The zero-order chi connectivity index (χ0) is 14.9. The Balaban J connectivity index is 2.41. The SMILES string of the molecule is CC1CCN(S(=O)(=O)c2cc(Cl)ccc2C#N)CC1O. The van der Waals surface area contributed by atoms with Crippen LogP contribution in [-0.2, 0) is 10.0 Å². The molecule has 0 amide bonds. The molecule has 2 unspecified atom stereocenters. The van der Waals surface area contributed by atoms with Crippen molar-refractivity contribution in [3.05, 3.63) is 28.8 Å². The number of halogens is 1. The first-order valence-electron chi connectivity index (χ1n) is 6.24. The molecule has 0 spiro atoms. The number of rotatable bonds is 2. The summed E-state index contributed by atoms with van der Waals surface area (Å²) in [5.41, 5.74) is 0.0579. The Morgan fingerprint density at radius 2 is 2.20 bits per heavy atom. The van der Waals surface area contributed by atoms with E-state index in [4.69, 9.17) is 16.9 Å². The van der Waals surface area contributed by atoms with E-state index in [-0.39, 0.29) is 27.9 Å². The van der Waals surface area contributed by atoms with Gasteiger partial charge < -0.3 is 5.11 Å². The van der Waals surface area contributed by atoms with Crippen LogP contribution in [0, 0.1) is 17.2 Å². The molecule has 7 heteroatoms. The monoisotopic (exact) mass is 314 g/mol. The Morgan fingerprint density at radius 1 is 1.50 bits per heavy atom. The lowest BCUT2D eigenvalue weighted by molar-refractivity contribution is 0.0605. The number of hydrogen-bond acceptors (Lipinski definition) is 4. The van der Waals surface area contributed by atoms with E-state index in [1.807, 2.05) is 13.0 Å². The molecule has 0 aromatic heterocycles. The van der Waals surface area contributed by atoms with Crippen molar-refractivity contribution in [1.82, 2.24) is 4.31 Å². The molecule has 0 bridgehead atoms. The second-order valence-electron chi connectivity index (χ2n) is 4.95. The Labute approximate surface area is 123 Å². The Kier molecular flexibility index (Phi) is 4.35. The van der Waals surface area contributed by atoms with Crippen LogP contribution >= 0.6 is 11.6 Å². The lowest BCUT2D eigenvalue weighted by atomic mass is 9.98. The summed E-state index contributed by atoms with van der Waals surface area (Å²) < 4.78 is 26.4. The second-order valence-corrected chi connectivity index (χ2v) is 7.29. The first kappa shape index (κ1) is 15.3. The van der Waals surface area contributed by atoms with Crippen molar-refractivity contribution in [1.29, 1.82) is 5.26 Å². The Morgan fingerprint density at radius 3 is 2.80 bits per heavy atom. The Bertz CT molecular complexity index is 654. The van der Waals surface area contributed by atoms with E-state index in [1.165, 1.54) is 22.5 Å². The second kappa shape index (κ2) is 5.70. The molecule has 1 N–H and O–H groups in total. The van der Waals surface area contributed by atoms with Crippen LogP contribution in [0.25, 0.3) is 0 Å². The van der Waals surface area contributed by atoms with Crippen molar-refractivity contribution in [3.63, 3.8) is 0 Å². The first-order valence-corrected chi connectivity index (χ1v) is 8.06. The number of nitriles is 1. The molecule has 1 fully saturated rings. The average molecular weight is 315 g/mol. The molecule has 1 aromatic carbocycles. The van der Waals surface area contributed by atoms with Crippen molar-refractivity contribution < 1.29 is 13.5 Å². The number of β-amino-alcohol motifs (C(OH)–C–C–N with tert-alkyl or cyclic N) is 1. The third kappa shape index (κ3) is 2.81. The van der Waals surface area contributed by atoms with Gasteiger partial charge in [-0.2, -0.15) is 9.57 Å². The van der Waals surface area contributed by atoms with Crippen LogP contribution in [0.3, 0.4) is 0 Å². The highest BCUT2D eigenvalue weighted by molar-refractivity contribution is 7.89. The van der Waals surface area contributed by atoms with Crippen molar-refractivity contribution in [3.8, 4) is 6.07 Å². The van der Waals surface area contributed by atoms with Gasteiger partial charge in [-0.1, -0.05) is 18.5 Å². The molecule has 1 saturated heterocycles. The van der Waals surface area contributed by atoms with Crippen molar-refractivity contribution in [2.45, 2.75) is 24.3 Å². The fourth-order valence-corrected chi connectivity index (χ4v) is 4.06. The molecular weight excluding hydrogens is 300 g/mol. The predicted octanol–water partition coefficient (Wildman–Crippen LogP) is 1.60. The smallest absolute Gasteiger partial charge is 0.244 e. The largest absolute Gasteiger partial charge is 0.391 e. The molecule has 0 saturated carbocycles. The van der Waals surface area contributed by atoms with E-state index < -0.39 is 16.1 Å². The number of piperidine rings is 1. The number of aliphatic hydroxyl groups is 1. The van der Waals surface area contributed by atoms with E-state index >= 15 is 0 Å². The van der Waals surface area contributed by atoms with Gasteiger partial charge in [0.1, 0.15) is 11.0 Å². The minimum absolute atomic E-state index is 0.0425. The van der Waals surface area contributed by atoms with E-state index in [9.17, 15) is 13.5 Å². The molecule has 1 heterocycles. The number of nitrogens with zero attached hydrogens (tertiary/aromatic N) is 2. The van der Waals surface area contributed by atoms with Crippen LogP contribution < -0.4 is 0 Å². The molecule has 1 aromatic rings. The van der Waals surface area contributed by atoms with Crippen molar-refractivity contribution in [2.75, 3.05) is 13.1 Å². The molecule has 20 heavy (non-hydrogen) atoms. The maximum atomic E-state index is 12.6. The maximum absolute atomic E-state index is 12.6. The normalized spacial score (nSPS) is 24.3. The van der Waals surface area contributed by atoms with Gasteiger partial charge in [0.05, 0.1) is 11.7 Å². The zero-order valence-electron chi connectivity index (χ0n) is 11.0. The van der Waals surface area contributed by atoms with Gasteiger partial charge in [0.15, 0.2) is 0 Å². The summed E-state index contributed by atoms with van der Waals surface area (Å²) in [6, 6.07) is 6.00. The highest BCUT2D eigenvalue weighted by Crippen LogP contribution is 2.27. The lowest BCUT2D eigenvalue weighted by Gasteiger charge is -2.33. The molecule has 1 aliphatic rings. The quantitative estimate of drug-likeness (QED) is 0.899.